The van der Waals surface area contributed by atoms with Gasteiger partial charge in [0.2, 0.25) is 0 Å². The molecule has 1 rings (SSSR count). The predicted molar refractivity (Wildman–Crippen MR) is 66.9 cm³/mol. The molecule has 0 amide bonds. The molecule has 106 valence electrons. The number of esters is 2. The third-order valence-electron chi connectivity index (χ3n) is 2.91. The van der Waals surface area contributed by atoms with Crippen molar-refractivity contribution in [2.24, 2.45) is 5.92 Å². The smallest absolute Gasteiger partial charge is 0.323 e. The lowest BCUT2D eigenvalue weighted by molar-refractivity contribution is -0.145. The summed E-state index contributed by atoms with van der Waals surface area (Å²) in [7, 11) is 2.37. The van der Waals surface area contributed by atoms with Crippen molar-refractivity contribution >= 4 is 11.9 Å². The number of hydrogen-bond donors (Lipinski definition) is 0. The quantitative estimate of drug-likeness (QED) is 0.768. The van der Waals surface area contributed by atoms with Gasteiger partial charge in [-0.3, -0.25) is 9.59 Å². The van der Waals surface area contributed by atoms with E-state index in [0.717, 1.165) is 7.11 Å². The van der Waals surface area contributed by atoms with Crippen molar-refractivity contribution in [1.29, 1.82) is 5.26 Å². The van der Waals surface area contributed by atoms with E-state index in [-0.39, 0.29) is 6.42 Å². The lowest BCUT2D eigenvalue weighted by Crippen LogP contribution is -2.25. The molecule has 2 unspecified atom stereocenters. The van der Waals surface area contributed by atoms with Crippen LogP contribution < -0.4 is 0 Å². The zero-order valence-corrected chi connectivity index (χ0v) is 11.1. The van der Waals surface area contributed by atoms with Gasteiger partial charge in [-0.05, 0) is 17.7 Å². The number of nitrogens with zero attached hydrogens (tertiary/aromatic N) is 1. The van der Waals surface area contributed by atoms with Crippen LogP contribution in [0.15, 0.2) is 24.3 Å². The Morgan fingerprint density at radius 3 is 2.30 bits per heavy atom. The molecule has 6 heteroatoms. The minimum atomic E-state index is -1.16. The van der Waals surface area contributed by atoms with Gasteiger partial charge in [0.05, 0.1) is 26.7 Å². The molecule has 0 saturated heterocycles. The number of carbonyl (C=O) groups is 2. The van der Waals surface area contributed by atoms with Gasteiger partial charge in [0.1, 0.15) is 5.82 Å². The lowest BCUT2D eigenvalue weighted by atomic mass is 9.84. The Bertz CT molecular complexity index is 521. The van der Waals surface area contributed by atoms with Gasteiger partial charge in [0.15, 0.2) is 5.92 Å². The van der Waals surface area contributed by atoms with E-state index in [9.17, 15) is 14.0 Å². The minimum absolute atomic E-state index is 0.171. The van der Waals surface area contributed by atoms with Gasteiger partial charge >= 0.3 is 11.9 Å². The highest BCUT2D eigenvalue weighted by Gasteiger charge is 2.32. The molecular formula is C14H14FNO4. The third kappa shape index (κ3) is 3.79. The highest BCUT2D eigenvalue weighted by Crippen LogP contribution is 2.29. The first-order valence-electron chi connectivity index (χ1n) is 5.83. The Kier molecular flexibility index (Phi) is 5.66. The molecule has 1 aromatic carbocycles. The van der Waals surface area contributed by atoms with Gasteiger partial charge in [-0.2, -0.15) is 5.26 Å². The first kappa shape index (κ1) is 15.6. The first-order valence-corrected chi connectivity index (χ1v) is 5.83. The standard InChI is InChI=1S/C14H14FNO4/c1-19-13(17)7-11(12(8-16)14(18)20-2)9-3-5-10(15)6-4-9/h3-6,11-12H,7H2,1-2H3. The van der Waals surface area contributed by atoms with Crippen LogP contribution in [0, 0.1) is 23.1 Å². The predicted octanol–water partition coefficient (Wildman–Crippen LogP) is 1.79. The van der Waals surface area contributed by atoms with Gasteiger partial charge < -0.3 is 9.47 Å². The van der Waals surface area contributed by atoms with Crippen LogP contribution >= 0.6 is 0 Å². The van der Waals surface area contributed by atoms with Crippen LogP contribution in [0.5, 0.6) is 0 Å². The topological polar surface area (TPSA) is 76.4 Å². The highest BCUT2D eigenvalue weighted by atomic mass is 19.1. The summed E-state index contributed by atoms with van der Waals surface area (Å²) in [4.78, 5) is 23.1. The van der Waals surface area contributed by atoms with E-state index >= 15 is 0 Å². The number of carbonyl (C=O) groups excluding carboxylic acids is 2. The van der Waals surface area contributed by atoms with E-state index < -0.39 is 29.6 Å². The van der Waals surface area contributed by atoms with Crippen LogP contribution in [0.1, 0.15) is 17.9 Å². The summed E-state index contributed by atoms with van der Waals surface area (Å²) in [5, 5.41) is 9.12. The summed E-state index contributed by atoms with van der Waals surface area (Å²) in [6.45, 7) is 0. The Morgan fingerprint density at radius 2 is 1.85 bits per heavy atom. The minimum Gasteiger partial charge on any atom is -0.469 e. The van der Waals surface area contributed by atoms with Crippen LogP contribution in [0.2, 0.25) is 0 Å². The van der Waals surface area contributed by atoms with Crippen molar-refractivity contribution in [3.05, 3.63) is 35.6 Å². The van der Waals surface area contributed by atoms with E-state index in [2.05, 4.69) is 9.47 Å². The molecule has 0 saturated carbocycles. The number of halogens is 1. The van der Waals surface area contributed by atoms with Gasteiger partial charge in [-0.15, -0.1) is 0 Å². The summed E-state index contributed by atoms with van der Waals surface area (Å²) >= 11 is 0. The molecule has 0 spiro atoms. The zero-order valence-electron chi connectivity index (χ0n) is 11.1. The fourth-order valence-electron chi connectivity index (χ4n) is 1.83. The number of methoxy groups -OCH3 is 2. The zero-order chi connectivity index (χ0) is 15.1. The number of hydrogen-bond acceptors (Lipinski definition) is 5. The second-order valence-corrected chi connectivity index (χ2v) is 4.07. The second kappa shape index (κ2) is 7.24. The average molecular weight is 279 g/mol. The summed E-state index contributed by atoms with van der Waals surface area (Å²) in [6.07, 6.45) is -0.171. The van der Waals surface area contributed by atoms with E-state index in [1.165, 1.54) is 31.4 Å². The van der Waals surface area contributed by atoms with E-state index in [1.807, 2.05) is 6.07 Å². The number of benzene rings is 1. The van der Waals surface area contributed by atoms with Crippen molar-refractivity contribution in [2.75, 3.05) is 14.2 Å². The summed E-state index contributed by atoms with van der Waals surface area (Å²) < 4.78 is 22.1. The Morgan fingerprint density at radius 1 is 1.25 bits per heavy atom. The lowest BCUT2D eigenvalue weighted by Gasteiger charge is -2.19. The Balaban J connectivity index is 3.13. The fraction of sp³-hybridized carbons (Fsp3) is 0.357. The van der Waals surface area contributed by atoms with Gasteiger partial charge in [0, 0.05) is 5.92 Å². The summed E-state index contributed by atoms with van der Waals surface area (Å²) in [5.74, 6) is -3.67. The molecule has 0 bridgehead atoms. The second-order valence-electron chi connectivity index (χ2n) is 4.07. The van der Waals surface area contributed by atoms with Crippen LogP contribution in [0.4, 0.5) is 4.39 Å². The number of ether oxygens (including phenoxy) is 2. The van der Waals surface area contributed by atoms with Gasteiger partial charge in [-0.1, -0.05) is 12.1 Å². The van der Waals surface area contributed by atoms with Crippen molar-refractivity contribution in [3.63, 3.8) is 0 Å². The van der Waals surface area contributed by atoms with Crippen molar-refractivity contribution in [3.8, 4) is 6.07 Å². The molecule has 1 aromatic rings. The van der Waals surface area contributed by atoms with Crippen LogP contribution in [-0.4, -0.2) is 26.2 Å². The average Bonchev–Trinajstić information content (AvgIpc) is 2.47. The number of rotatable bonds is 5. The molecule has 0 aliphatic heterocycles. The normalized spacial score (nSPS) is 12.9. The molecule has 0 N–H and O–H groups in total. The van der Waals surface area contributed by atoms with Gasteiger partial charge in [0.25, 0.3) is 0 Å². The van der Waals surface area contributed by atoms with Crippen LogP contribution in [-0.2, 0) is 19.1 Å². The van der Waals surface area contributed by atoms with Crippen molar-refractivity contribution in [2.45, 2.75) is 12.3 Å². The highest BCUT2D eigenvalue weighted by molar-refractivity contribution is 5.78. The maximum absolute atomic E-state index is 12.9. The molecule has 0 aromatic heterocycles. The van der Waals surface area contributed by atoms with E-state index in [4.69, 9.17) is 5.26 Å². The van der Waals surface area contributed by atoms with E-state index in [1.54, 1.807) is 0 Å². The molecule has 0 aliphatic carbocycles. The summed E-state index contributed by atoms with van der Waals surface area (Å²) in [6, 6.07) is 7.07. The molecule has 0 fully saturated rings. The largest absolute Gasteiger partial charge is 0.469 e. The Hall–Kier alpha value is -2.42. The maximum Gasteiger partial charge on any atom is 0.323 e. The SMILES string of the molecule is COC(=O)CC(c1ccc(F)cc1)C(C#N)C(=O)OC. The Labute approximate surface area is 115 Å². The molecule has 5 nitrogen and oxygen atoms in total. The molecule has 0 radical (unpaired) electrons. The third-order valence-corrected chi connectivity index (χ3v) is 2.91. The van der Waals surface area contributed by atoms with Crippen LogP contribution in [0.3, 0.4) is 0 Å². The summed E-state index contributed by atoms with van der Waals surface area (Å²) in [5.41, 5.74) is 0.494. The van der Waals surface area contributed by atoms with Crippen molar-refractivity contribution < 1.29 is 23.5 Å². The van der Waals surface area contributed by atoms with Crippen LogP contribution in [0.25, 0.3) is 0 Å². The number of nitriles is 1. The fourth-order valence-corrected chi connectivity index (χ4v) is 1.83. The molecule has 0 heterocycles. The molecule has 0 aliphatic rings. The molecular weight excluding hydrogens is 265 g/mol. The molecule has 20 heavy (non-hydrogen) atoms. The molecule has 2 atom stereocenters. The monoisotopic (exact) mass is 279 g/mol. The maximum atomic E-state index is 12.9. The van der Waals surface area contributed by atoms with Crippen molar-refractivity contribution in [1.82, 2.24) is 0 Å². The van der Waals surface area contributed by atoms with Gasteiger partial charge in [-0.25, -0.2) is 4.39 Å². The van der Waals surface area contributed by atoms with E-state index in [0.29, 0.717) is 5.56 Å². The first-order chi connectivity index (χ1) is 9.53.